The van der Waals surface area contributed by atoms with Gasteiger partial charge in [-0.3, -0.25) is 9.59 Å². The highest BCUT2D eigenvalue weighted by molar-refractivity contribution is 6.19. The minimum absolute atomic E-state index is 0.247. The van der Waals surface area contributed by atoms with Crippen molar-refractivity contribution in [2.75, 3.05) is 39.1 Å². The lowest BCUT2D eigenvalue weighted by Crippen LogP contribution is -2.24. The maximum atomic E-state index is 12.7. The molecule has 1 aliphatic heterocycles. The monoisotopic (exact) mass is 358 g/mol. The third-order valence-corrected chi connectivity index (χ3v) is 4.03. The topological polar surface area (TPSA) is 95.1 Å². The highest BCUT2D eigenvalue weighted by Crippen LogP contribution is 2.38. The Morgan fingerprint density at radius 1 is 0.577 bits per heavy atom. The number of carbonyl (C=O) groups is 2. The Morgan fingerprint density at radius 2 is 0.885 bits per heavy atom. The van der Waals surface area contributed by atoms with E-state index in [4.69, 9.17) is 18.9 Å². The van der Waals surface area contributed by atoms with Crippen molar-refractivity contribution in [2.24, 2.45) is 0 Å². The van der Waals surface area contributed by atoms with Crippen molar-refractivity contribution in [1.29, 1.82) is 0 Å². The Labute approximate surface area is 150 Å². The van der Waals surface area contributed by atoms with Gasteiger partial charge < -0.3 is 29.6 Å². The molecule has 1 heterocycles. The van der Waals surface area contributed by atoms with E-state index in [0.717, 1.165) is 0 Å². The molecule has 2 aromatic rings. The minimum atomic E-state index is -0.408. The van der Waals surface area contributed by atoms with Crippen LogP contribution in [0.3, 0.4) is 0 Å². The van der Waals surface area contributed by atoms with Crippen molar-refractivity contribution >= 4 is 23.2 Å². The number of fused-ring (bicyclic) bond motifs is 2. The number of nitrogens with one attached hydrogen (secondary N) is 2. The summed E-state index contributed by atoms with van der Waals surface area (Å²) >= 11 is 0. The number of methoxy groups -OCH3 is 4. The largest absolute Gasteiger partial charge is 0.493 e. The number of hydrogen-bond acceptors (Lipinski definition) is 6. The molecule has 0 spiro atoms. The molecule has 8 nitrogen and oxygen atoms in total. The first-order valence-corrected chi connectivity index (χ1v) is 7.67. The molecule has 0 unspecified atom stereocenters. The van der Waals surface area contributed by atoms with E-state index in [1.807, 2.05) is 0 Å². The molecule has 0 aromatic heterocycles. The zero-order valence-corrected chi connectivity index (χ0v) is 14.8. The lowest BCUT2D eigenvalue weighted by Gasteiger charge is -2.21. The van der Waals surface area contributed by atoms with E-state index >= 15 is 0 Å². The summed E-state index contributed by atoms with van der Waals surface area (Å²) < 4.78 is 20.9. The second-order valence-corrected chi connectivity index (χ2v) is 5.41. The maximum Gasteiger partial charge on any atom is 0.257 e. The molecule has 3 rings (SSSR count). The summed E-state index contributed by atoms with van der Waals surface area (Å²) in [5.41, 5.74) is 1.11. The molecular formula is C18H18N2O6. The number of carbonyl (C=O) groups excluding carboxylic acids is 2. The van der Waals surface area contributed by atoms with Crippen molar-refractivity contribution in [1.82, 2.24) is 0 Å². The van der Waals surface area contributed by atoms with E-state index in [0.29, 0.717) is 34.4 Å². The number of benzene rings is 2. The van der Waals surface area contributed by atoms with Gasteiger partial charge >= 0.3 is 0 Å². The van der Waals surface area contributed by atoms with Crippen LogP contribution in [0.4, 0.5) is 11.4 Å². The van der Waals surface area contributed by atoms with Gasteiger partial charge in [-0.25, -0.2) is 0 Å². The Morgan fingerprint density at radius 3 is 1.19 bits per heavy atom. The van der Waals surface area contributed by atoms with Gasteiger partial charge in [-0.2, -0.15) is 0 Å². The molecule has 1 aliphatic rings. The summed E-state index contributed by atoms with van der Waals surface area (Å²) in [5.74, 6) is 0.733. The Kier molecular flexibility index (Phi) is 4.57. The van der Waals surface area contributed by atoms with Crippen molar-refractivity contribution in [3.63, 3.8) is 0 Å². The fraction of sp³-hybridized carbons (Fsp3) is 0.222. The molecular weight excluding hydrogens is 340 g/mol. The van der Waals surface area contributed by atoms with Crippen LogP contribution < -0.4 is 29.6 Å². The van der Waals surface area contributed by atoms with Crippen LogP contribution >= 0.6 is 0 Å². The van der Waals surface area contributed by atoms with Crippen molar-refractivity contribution in [3.8, 4) is 23.0 Å². The summed E-state index contributed by atoms with van der Waals surface area (Å²) in [6.07, 6.45) is 0. The Bertz CT molecular complexity index is 820. The predicted octanol–water partition coefficient (Wildman–Crippen LogP) is 2.54. The Hall–Kier alpha value is -3.42. The van der Waals surface area contributed by atoms with E-state index in [1.54, 1.807) is 0 Å². The molecule has 8 heteroatoms. The van der Waals surface area contributed by atoms with Gasteiger partial charge in [-0.05, 0) is 12.1 Å². The van der Waals surface area contributed by atoms with E-state index in [-0.39, 0.29) is 11.1 Å². The first-order chi connectivity index (χ1) is 12.5. The first-order valence-electron chi connectivity index (χ1n) is 7.67. The highest BCUT2D eigenvalue weighted by atomic mass is 16.5. The molecule has 2 aromatic carbocycles. The third kappa shape index (κ3) is 2.85. The lowest BCUT2D eigenvalue weighted by molar-refractivity contribution is 0.102. The predicted molar refractivity (Wildman–Crippen MR) is 95.0 cm³/mol. The number of rotatable bonds is 4. The maximum absolute atomic E-state index is 12.7. The van der Waals surface area contributed by atoms with Gasteiger partial charge in [0, 0.05) is 12.1 Å². The molecule has 26 heavy (non-hydrogen) atoms. The van der Waals surface area contributed by atoms with Crippen molar-refractivity contribution < 1.29 is 28.5 Å². The fourth-order valence-electron chi connectivity index (χ4n) is 2.72. The zero-order chi connectivity index (χ0) is 18.8. The van der Waals surface area contributed by atoms with Gasteiger partial charge in [0.05, 0.1) is 50.9 Å². The summed E-state index contributed by atoms with van der Waals surface area (Å²) in [7, 11) is 5.88. The normalized spacial score (nSPS) is 12.6. The molecule has 0 saturated carbocycles. The van der Waals surface area contributed by atoms with Gasteiger partial charge in [0.1, 0.15) is 0 Å². The van der Waals surface area contributed by atoms with Crippen LogP contribution in [0.1, 0.15) is 20.7 Å². The van der Waals surface area contributed by atoms with E-state index in [2.05, 4.69) is 10.6 Å². The minimum Gasteiger partial charge on any atom is -0.493 e. The van der Waals surface area contributed by atoms with Crippen LogP contribution in [0.5, 0.6) is 23.0 Å². The fourth-order valence-corrected chi connectivity index (χ4v) is 2.72. The van der Waals surface area contributed by atoms with Gasteiger partial charge in [0.15, 0.2) is 23.0 Å². The molecule has 0 bridgehead atoms. The van der Waals surface area contributed by atoms with Crippen LogP contribution in [0, 0.1) is 0 Å². The van der Waals surface area contributed by atoms with Gasteiger partial charge in [-0.1, -0.05) is 0 Å². The van der Waals surface area contributed by atoms with Gasteiger partial charge in [0.2, 0.25) is 0 Å². The molecule has 0 saturated heterocycles. The first kappa shape index (κ1) is 17.4. The van der Waals surface area contributed by atoms with Crippen LogP contribution in [-0.2, 0) is 0 Å². The number of anilines is 2. The third-order valence-electron chi connectivity index (χ3n) is 4.03. The molecule has 2 amide bonds. The SMILES string of the molecule is COc1cc2c(cc1OC)C(=O)Nc1cc(OC)c(OC)cc1C(=O)N2. The number of amides is 2. The molecule has 0 atom stereocenters. The number of hydrogen-bond donors (Lipinski definition) is 2. The van der Waals surface area contributed by atoms with Crippen LogP contribution in [0.2, 0.25) is 0 Å². The smallest absolute Gasteiger partial charge is 0.257 e. The molecule has 2 N–H and O–H groups in total. The average Bonchev–Trinajstić information content (AvgIpc) is 2.65. The quantitative estimate of drug-likeness (QED) is 0.872. The molecule has 0 fully saturated rings. The summed E-state index contributed by atoms with van der Waals surface area (Å²) in [6, 6.07) is 6.10. The Balaban J connectivity index is 2.14. The second kappa shape index (κ2) is 6.83. The van der Waals surface area contributed by atoms with Crippen LogP contribution in [-0.4, -0.2) is 40.3 Å². The second-order valence-electron chi connectivity index (χ2n) is 5.41. The summed E-state index contributed by atoms with van der Waals surface area (Å²) in [5, 5.41) is 5.46. The standard InChI is InChI=1S/C18H18N2O6/c1-23-13-5-9-11(7-15(13)25-3)19-18(22)10-6-14(24-2)16(26-4)8-12(10)20-17(9)21/h5-8H,1-4H3,(H,19,22)(H,20,21). The van der Waals surface area contributed by atoms with Gasteiger partial charge in [-0.15, -0.1) is 0 Å². The number of ether oxygens (including phenoxy) is 4. The van der Waals surface area contributed by atoms with Crippen molar-refractivity contribution in [2.45, 2.75) is 0 Å². The van der Waals surface area contributed by atoms with Crippen LogP contribution in [0.25, 0.3) is 0 Å². The molecule has 0 radical (unpaired) electrons. The van der Waals surface area contributed by atoms with E-state index in [1.165, 1.54) is 52.7 Å². The summed E-state index contributed by atoms with van der Waals surface area (Å²) in [4.78, 5) is 25.4. The van der Waals surface area contributed by atoms with E-state index in [9.17, 15) is 9.59 Å². The van der Waals surface area contributed by atoms with Gasteiger partial charge in [0.25, 0.3) is 11.8 Å². The zero-order valence-electron chi connectivity index (χ0n) is 14.8. The van der Waals surface area contributed by atoms with Crippen LogP contribution in [0.15, 0.2) is 24.3 Å². The van der Waals surface area contributed by atoms with E-state index < -0.39 is 11.8 Å². The van der Waals surface area contributed by atoms with Crippen molar-refractivity contribution in [3.05, 3.63) is 35.4 Å². The average molecular weight is 358 g/mol. The summed E-state index contributed by atoms with van der Waals surface area (Å²) in [6.45, 7) is 0. The highest BCUT2D eigenvalue weighted by Gasteiger charge is 2.26. The molecule has 136 valence electrons. The molecule has 0 aliphatic carbocycles. The lowest BCUT2D eigenvalue weighted by atomic mass is 10.0.